The van der Waals surface area contributed by atoms with Crippen molar-refractivity contribution in [2.24, 2.45) is 0 Å². The van der Waals surface area contributed by atoms with Gasteiger partial charge in [0.25, 0.3) is 0 Å². The highest BCUT2D eigenvalue weighted by molar-refractivity contribution is 8.00. The molecule has 2 rings (SSSR count). The summed E-state index contributed by atoms with van der Waals surface area (Å²) < 4.78 is 13.2. The number of hydrogen-bond donors (Lipinski definition) is 1. The number of thioether (sulfide) groups is 1. The number of rotatable bonds is 0. The zero-order valence-corrected chi connectivity index (χ0v) is 9.97. The quantitative estimate of drug-likeness (QED) is 0.714. The summed E-state index contributed by atoms with van der Waals surface area (Å²) in [5.74, 6) is -0.237. The Morgan fingerprint density at radius 2 is 2.07 bits per heavy atom. The van der Waals surface area contributed by atoms with E-state index in [2.05, 4.69) is 5.32 Å². The summed E-state index contributed by atoms with van der Waals surface area (Å²) in [4.78, 5) is 0.673. The maximum absolute atomic E-state index is 13.2. The number of anilines is 1. The van der Waals surface area contributed by atoms with Crippen molar-refractivity contribution in [2.45, 2.75) is 31.0 Å². The third-order valence-corrected chi connectivity index (χ3v) is 3.00. The van der Waals surface area contributed by atoms with Crippen molar-refractivity contribution in [1.29, 1.82) is 0 Å². The minimum absolute atomic E-state index is 0.230. The molecule has 1 atom stereocenters. The van der Waals surface area contributed by atoms with Crippen LogP contribution in [0.3, 0.4) is 0 Å². The summed E-state index contributed by atoms with van der Waals surface area (Å²) in [7, 11) is 0. The molecule has 0 bridgehead atoms. The number of nitrogens with one attached hydrogen (secondary N) is 1. The molecule has 0 fully saturated rings. The maximum Gasteiger partial charge on any atom is 0.140 e. The number of hydrogen-bond acceptors (Lipinski definition) is 2. The first-order chi connectivity index (χ1) is 6.66. The van der Waals surface area contributed by atoms with Crippen LogP contribution in [0.2, 0.25) is 5.02 Å². The van der Waals surface area contributed by atoms with Gasteiger partial charge in [-0.2, -0.15) is 0 Å². The smallest absolute Gasteiger partial charge is 0.140 e. The van der Waals surface area contributed by atoms with Gasteiger partial charge in [0.15, 0.2) is 0 Å². The molecule has 1 aliphatic rings. The van der Waals surface area contributed by atoms with E-state index in [0.29, 0.717) is 9.92 Å². The lowest BCUT2D eigenvalue weighted by Gasteiger charge is -2.00. The Kier molecular flexibility index (Phi) is 4.08. The van der Waals surface area contributed by atoms with Gasteiger partial charge in [-0.05, 0) is 19.1 Å². The molecule has 0 saturated carbocycles. The van der Waals surface area contributed by atoms with Gasteiger partial charge in [-0.3, -0.25) is 0 Å². The van der Waals surface area contributed by atoms with Gasteiger partial charge in [-0.1, -0.05) is 37.2 Å². The molecule has 1 N–H and O–H groups in total. The average Bonchev–Trinajstić information content (AvgIpc) is 2.49. The lowest BCUT2D eigenvalue weighted by Crippen LogP contribution is -2.02. The minimum atomic E-state index is -0.237. The van der Waals surface area contributed by atoms with E-state index in [1.807, 2.05) is 20.8 Å². The molecule has 1 unspecified atom stereocenters. The fraction of sp³-hybridized carbons (Fsp3) is 0.400. The number of benzene rings is 1. The molecule has 0 aliphatic carbocycles. The van der Waals surface area contributed by atoms with Crippen molar-refractivity contribution >= 4 is 29.1 Å². The summed E-state index contributed by atoms with van der Waals surface area (Å²) in [6, 6.07) is 3.09. The molecular weight excluding hydrogens is 221 g/mol. The molecule has 0 amide bonds. The molecule has 1 nitrogen and oxygen atoms in total. The van der Waals surface area contributed by atoms with Gasteiger partial charge in [0.1, 0.15) is 5.82 Å². The van der Waals surface area contributed by atoms with Crippen LogP contribution in [0.25, 0.3) is 0 Å². The third kappa shape index (κ3) is 2.34. The molecule has 78 valence electrons. The van der Waals surface area contributed by atoms with Gasteiger partial charge in [0.2, 0.25) is 0 Å². The van der Waals surface area contributed by atoms with E-state index in [1.165, 1.54) is 17.8 Å². The van der Waals surface area contributed by atoms with Crippen molar-refractivity contribution in [1.82, 2.24) is 0 Å². The largest absolute Gasteiger partial charge is 0.372 e. The van der Waals surface area contributed by atoms with Gasteiger partial charge in [-0.15, -0.1) is 0 Å². The molecule has 4 heteroatoms. The second-order valence-electron chi connectivity index (χ2n) is 2.67. The van der Waals surface area contributed by atoms with E-state index in [4.69, 9.17) is 11.6 Å². The van der Waals surface area contributed by atoms with E-state index in [0.717, 1.165) is 5.69 Å². The summed E-state index contributed by atoms with van der Waals surface area (Å²) in [6.07, 6.45) is 0. The first kappa shape index (κ1) is 11.7. The molecule has 1 heterocycles. The normalized spacial score (nSPS) is 17.9. The first-order valence-electron chi connectivity index (χ1n) is 4.59. The van der Waals surface area contributed by atoms with Crippen molar-refractivity contribution < 1.29 is 4.39 Å². The third-order valence-electron chi connectivity index (χ3n) is 1.66. The van der Waals surface area contributed by atoms with Crippen LogP contribution in [0.4, 0.5) is 10.1 Å². The predicted octanol–water partition coefficient (Wildman–Crippen LogP) is 4.37. The van der Waals surface area contributed by atoms with Crippen LogP contribution in [-0.4, -0.2) is 5.37 Å². The highest BCUT2D eigenvalue weighted by Gasteiger charge is 2.21. The molecular formula is C10H13ClFNS. The fourth-order valence-corrected chi connectivity index (χ4v) is 2.37. The lowest BCUT2D eigenvalue weighted by molar-refractivity contribution is 0.604. The summed E-state index contributed by atoms with van der Waals surface area (Å²) in [5, 5.41) is 3.79. The van der Waals surface area contributed by atoms with E-state index < -0.39 is 0 Å². The fourth-order valence-electron chi connectivity index (χ4n) is 1.21. The zero-order chi connectivity index (χ0) is 10.7. The van der Waals surface area contributed by atoms with Crippen molar-refractivity contribution in [3.63, 3.8) is 0 Å². The maximum atomic E-state index is 13.2. The van der Waals surface area contributed by atoms with Crippen molar-refractivity contribution in [3.8, 4) is 0 Å². The van der Waals surface area contributed by atoms with Crippen LogP contribution in [-0.2, 0) is 0 Å². The minimum Gasteiger partial charge on any atom is -0.372 e. The molecule has 0 saturated heterocycles. The second kappa shape index (κ2) is 4.89. The highest BCUT2D eigenvalue weighted by atomic mass is 35.5. The summed E-state index contributed by atoms with van der Waals surface area (Å²) >= 11 is 7.17. The van der Waals surface area contributed by atoms with Crippen LogP contribution in [0.5, 0.6) is 0 Å². The molecule has 1 aromatic rings. The Bertz CT molecular complexity index is 330. The monoisotopic (exact) mass is 233 g/mol. The molecule has 1 aromatic carbocycles. The van der Waals surface area contributed by atoms with E-state index in [1.54, 1.807) is 6.07 Å². The average molecular weight is 234 g/mol. The van der Waals surface area contributed by atoms with Crippen LogP contribution in [0, 0.1) is 5.82 Å². The number of halogens is 2. The summed E-state index contributed by atoms with van der Waals surface area (Å²) in [5.41, 5.74) is 0.803. The molecule has 0 spiro atoms. The molecule has 1 aliphatic heterocycles. The van der Waals surface area contributed by atoms with Gasteiger partial charge >= 0.3 is 0 Å². The van der Waals surface area contributed by atoms with Crippen LogP contribution < -0.4 is 5.32 Å². The Morgan fingerprint density at radius 1 is 1.43 bits per heavy atom. The topological polar surface area (TPSA) is 12.0 Å². The lowest BCUT2D eigenvalue weighted by atomic mass is 10.3. The number of fused-ring (bicyclic) bond motifs is 1. The van der Waals surface area contributed by atoms with E-state index in [-0.39, 0.29) is 11.2 Å². The summed E-state index contributed by atoms with van der Waals surface area (Å²) in [6.45, 7) is 5.98. The van der Waals surface area contributed by atoms with E-state index >= 15 is 0 Å². The Labute approximate surface area is 93.0 Å². The van der Waals surface area contributed by atoms with Gasteiger partial charge in [-0.25, -0.2) is 4.39 Å². The van der Waals surface area contributed by atoms with Gasteiger partial charge < -0.3 is 5.32 Å². The SMILES string of the molecule is CC.CC1Nc2cc(Cl)cc(F)c2S1. The Morgan fingerprint density at radius 3 is 2.71 bits per heavy atom. The van der Waals surface area contributed by atoms with Crippen LogP contribution >= 0.6 is 23.4 Å². The van der Waals surface area contributed by atoms with E-state index in [9.17, 15) is 4.39 Å². The van der Waals surface area contributed by atoms with Gasteiger partial charge in [0, 0.05) is 5.02 Å². The Hall–Kier alpha value is -0.410. The standard InChI is InChI=1S/C8H7ClFNS.C2H6/c1-4-11-7-3-5(9)2-6(10)8(7)12-4;1-2/h2-4,11H,1H3;1-2H3. The van der Waals surface area contributed by atoms with Crippen LogP contribution in [0.15, 0.2) is 17.0 Å². The molecule has 0 aromatic heterocycles. The van der Waals surface area contributed by atoms with Crippen molar-refractivity contribution in [3.05, 3.63) is 23.0 Å². The predicted molar refractivity (Wildman–Crippen MR) is 61.7 cm³/mol. The van der Waals surface area contributed by atoms with Gasteiger partial charge in [0.05, 0.1) is 16.0 Å². The highest BCUT2D eigenvalue weighted by Crippen LogP contribution is 2.41. The molecule has 14 heavy (non-hydrogen) atoms. The van der Waals surface area contributed by atoms with Crippen molar-refractivity contribution in [2.75, 3.05) is 5.32 Å². The Balaban J connectivity index is 0.000000461. The molecule has 0 radical (unpaired) electrons. The van der Waals surface area contributed by atoms with Crippen LogP contribution in [0.1, 0.15) is 20.8 Å². The first-order valence-corrected chi connectivity index (χ1v) is 5.85. The second-order valence-corrected chi connectivity index (χ2v) is 4.46. The zero-order valence-electron chi connectivity index (χ0n) is 8.40.